The van der Waals surface area contributed by atoms with Crippen molar-refractivity contribution in [2.75, 3.05) is 57.1 Å². The third-order valence-electron chi connectivity index (χ3n) is 6.13. The number of rotatable bonds is 5. The number of piperazine rings is 1. The van der Waals surface area contributed by atoms with Crippen LogP contribution in [0, 0.1) is 11.7 Å². The fraction of sp³-hybridized carbons (Fsp3) is 0.375. The predicted octanol–water partition coefficient (Wildman–Crippen LogP) is 2.21. The predicted molar refractivity (Wildman–Crippen MR) is 122 cm³/mol. The summed E-state index contributed by atoms with van der Waals surface area (Å²) < 4.78 is 19.5. The van der Waals surface area contributed by atoms with E-state index in [4.69, 9.17) is 4.74 Å². The summed E-state index contributed by atoms with van der Waals surface area (Å²) in [6.45, 7) is 2.96. The van der Waals surface area contributed by atoms with Gasteiger partial charge in [-0.2, -0.15) is 0 Å². The van der Waals surface area contributed by atoms with E-state index in [9.17, 15) is 18.8 Å². The monoisotopic (exact) mass is 454 g/mol. The molecule has 0 radical (unpaired) electrons. The van der Waals surface area contributed by atoms with Crippen molar-refractivity contribution < 1.29 is 23.5 Å². The van der Waals surface area contributed by atoms with Gasteiger partial charge in [0.2, 0.25) is 11.8 Å². The average Bonchev–Trinajstić information content (AvgIpc) is 3.21. The number of anilines is 2. The lowest BCUT2D eigenvalue weighted by atomic mass is 10.1. The Balaban J connectivity index is 1.48. The van der Waals surface area contributed by atoms with E-state index in [1.165, 1.54) is 24.1 Å². The number of carbonyl (C=O) groups excluding carboxylic acids is 3. The Morgan fingerprint density at radius 1 is 1.09 bits per heavy atom. The molecule has 8 nitrogen and oxygen atoms in total. The van der Waals surface area contributed by atoms with Gasteiger partial charge in [-0.1, -0.05) is 12.1 Å². The van der Waals surface area contributed by atoms with Crippen molar-refractivity contribution in [1.82, 2.24) is 9.80 Å². The quantitative estimate of drug-likeness (QED) is 0.749. The molecule has 2 fully saturated rings. The minimum Gasteiger partial charge on any atom is -0.495 e. The number of carbonyl (C=O) groups is 3. The number of benzene rings is 2. The molecule has 3 amide bonds. The van der Waals surface area contributed by atoms with Crippen molar-refractivity contribution in [2.45, 2.75) is 6.42 Å². The second kappa shape index (κ2) is 9.58. The fourth-order valence-corrected chi connectivity index (χ4v) is 4.15. The molecule has 1 unspecified atom stereocenters. The summed E-state index contributed by atoms with van der Waals surface area (Å²) in [6, 6.07) is 10.9. The van der Waals surface area contributed by atoms with Gasteiger partial charge in [0.05, 0.1) is 24.4 Å². The zero-order valence-corrected chi connectivity index (χ0v) is 18.7. The molecule has 1 atom stereocenters. The van der Waals surface area contributed by atoms with E-state index in [2.05, 4.69) is 10.2 Å². The van der Waals surface area contributed by atoms with Gasteiger partial charge in [0.1, 0.15) is 11.6 Å². The number of hydrogen-bond acceptors (Lipinski definition) is 5. The summed E-state index contributed by atoms with van der Waals surface area (Å²) in [4.78, 5) is 43.6. The normalized spacial score (nSPS) is 19.0. The van der Waals surface area contributed by atoms with E-state index in [1.807, 2.05) is 7.05 Å². The minimum absolute atomic E-state index is 0.0254. The van der Waals surface area contributed by atoms with Gasteiger partial charge >= 0.3 is 0 Å². The van der Waals surface area contributed by atoms with Crippen molar-refractivity contribution >= 4 is 29.1 Å². The van der Waals surface area contributed by atoms with Gasteiger partial charge in [-0.15, -0.1) is 0 Å². The summed E-state index contributed by atoms with van der Waals surface area (Å²) >= 11 is 0. The lowest BCUT2D eigenvalue weighted by molar-refractivity contribution is -0.122. The lowest BCUT2D eigenvalue weighted by Crippen LogP contribution is -2.47. The van der Waals surface area contributed by atoms with E-state index < -0.39 is 11.7 Å². The Morgan fingerprint density at radius 3 is 2.52 bits per heavy atom. The van der Waals surface area contributed by atoms with Crippen molar-refractivity contribution in [2.24, 2.45) is 5.92 Å². The molecule has 9 heteroatoms. The number of nitrogens with one attached hydrogen (secondary N) is 1. The van der Waals surface area contributed by atoms with Crippen LogP contribution >= 0.6 is 0 Å². The number of methoxy groups -OCH3 is 1. The number of para-hydroxylation sites is 1. The second-order valence-corrected chi connectivity index (χ2v) is 8.36. The Hall–Kier alpha value is -3.46. The first-order valence-electron chi connectivity index (χ1n) is 10.9. The number of nitrogens with zero attached hydrogens (tertiary/aromatic N) is 3. The molecule has 0 saturated carbocycles. The first kappa shape index (κ1) is 22.7. The number of ether oxygens (including phenoxy) is 1. The molecule has 2 heterocycles. The molecular formula is C24H27FN4O4. The van der Waals surface area contributed by atoms with Crippen molar-refractivity contribution in [3.8, 4) is 5.75 Å². The standard InChI is InChI=1S/C24H27FN4O4/c1-27-9-11-28(12-10-27)24(32)16-7-8-21(33-2)19(13-16)26-23(31)17-14-22(30)29(15-17)20-6-4-3-5-18(20)25/h3-8,13,17H,9-12,14-15H2,1-2H3,(H,26,31). The first-order valence-corrected chi connectivity index (χ1v) is 10.9. The van der Waals surface area contributed by atoms with Gasteiger partial charge in [-0.3, -0.25) is 14.4 Å². The summed E-state index contributed by atoms with van der Waals surface area (Å²) in [5.74, 6) is -1.56. The highest BCUT2D eigenvalue weighted by Gasteiger charge is 2.36. The van der Waals surface area contributed by atoms with Gasteiger partial charge in [-0.25, -0.2) is 4.39 Å². The van der Waals surface area contributed by atoms with E-state index in [0.717, 1.165) is 13.1 Å². The van der Waals surface area contributed by atoms with E-state index >= 15 is 0 Å². The number of hydrogen-bond donors (Lipinski definition) is 1. The van der Waals surface area contributed by atoms with Gasteiger partial charge in [0.15, 0.2) is 0 Å². The Kier molecular flexibility index (Phi) is 6.60. The van der Waals surface area contributed by atoms with Crippen molar-refractivity contribution in [1.29, 1.82) is 0 Å². The van der Waals surface area contributed by atoms with Crippen LogP contribution < -0.4 is 15.0 Å². The van der Waals surface area contributed by atoms with Crippen LogP contribution in [-0.2, 0) is 9.59 Å². The van der Waals surface area contributed by atoms with Crippen LogP contribution in [-0.4, -0.2) is 74.4 Å². The highest BCUT2D eigenvalue weighted by molar-refractivity contribution is 6.04. The van der Waals surface area contributed by atoms with E-state index in [0.29, 0.717) is 30.1 Å². The SMILES string of the molecule is COc1ccc(C(=O)N2CCN(C)CC2)cc1NC(=O)C1CC(=O)N(c2ccccc2F)C1. The lowest BCUT2D eigenvalue weighted by Gasteiger charge is -2.32. The van der Waals surface area contributed by atoms with Gasteiger partial charge in [0.25, 0.3) is 5.91 Å². The summed E-state index contributed by atoms with van der Waals surface area (Å²) in [5.41, 5.74) is 0.973. The summed E-state index contributed by atoms with van der Waals surface area (Å²) in [7, 11) is 3.50. The molecule has 33 heavy (non-hydrogen) atoms. The smallest absolute Gasteiger partial charge is 0.254 e. The Morgan fingerprint density at radius 2 is 1.82 bits per heavy atom. The third-order valence-corrected chi connectivity index (χ3v) is 6.13. The zero-order chi connectivity index (χ0) is 23.5. The Labute approximate surface area is 191 Å². The van der Waals surface area contributed by atoms with Crippen molar-refractivity contribution in [3.05, 3.63) is 53.8 Å². The summed E-state index contributed by atoms with van der Waals surface area (Å²) in [5, 5.41) is 2.80. The van der Waals surface area contributed by atoms with E-state index in [1.54, 1.807) is 35.2 Å². The molecule has 2 aromatic rings. The molecule has 2 aliphatic rings. The van der Waals surface area contributed by atoms with Gasteiger partial charge < -0.3 is 24.8 Å². The van der Waals surface area contributed by atoms with Crippen LogP contribution in [0.4, 0.5) is 15.8 Å². The number of amides is 3. The molecule has 2 saturated heterocycles. The van der Waals surface area contributed by atoms with Crippen LogP contribution in [0.3, 0.4) is 0 Å². The molecule has 0 aliphatic carbocycles. The number of halogens is 1. The highest BCUT2D eigenvalue weighted by Crippen LogP contribution is 2.30. The van der Waals surface area contributed by atoms with Crippen LogP contribution in [0.5, 0.6) is 5.75 Å². The molecule has 1 N–H and O–H groups in total. The summed E-state index contributed by atoms with van der Waals surface area (Å²) in [6.07, 6.45) is -0.0254. The van der Waals surface area contributed by atoms with Crippen molar-refractivity contribution in [3.63, 3.8) is 0 Å². The Bertz CT molecular complexity index is 1070. The minimum atomic E-state index is -0.654. The largest absolute Gasteiger partial charge is 0.495 e. The maximum Gasteiger partial charge on any atom is 0.254 e. The van der Waals surface area contributed by atoms with E-state index in [-0.39, 0.29) is 36.4 Å². The van der Waals surface area contributed by atoms with Crippen LogP contribution in [0.2, 0.25) is 0 Å². The second-order valence-electron chi connectivity index (χ2n) is 8.36. The topological polar surface area (TPSA) is 82.2 Å². The average molecular weight is 455 g/mol. The molecule has 2 aromatic carbocycles. The molecule has 4 rings (SSSR count). The molecule has 2 aliphatic heterocycles. The molecule has 0 bridgehead atoms. The third kappa shape index (κ3) is 4.83. The van der Waals surface area contributed by atoms with Crippen LogP contribution in [0.1, 0.15) is 16.8 Å². The number of likely N-dealkylation sites (N-methyl/N-ethyl adjacent to an activating group) is 1. The molecular weight excluding hydrogens is 427 g/mol. The van der Waals surface area contributed by atoms with Gasteiger partial charge in [0, 0.05) is 44.7 Å². The maximum atomic E-state index is 14.1. The van der Waals surface area contributed by atoms with Crippen LogP contribution in [0.15, 0.2) is 42.5 Å². The highest BCUT2D eigenvalue weighted by atomic mass is 19.1. The maximum absolute atomic E-state index is 14.1. The zero-order valence-electron chi connectivity index (χ0n) is 18.7. The molecule has 174 valence electrons. The molecule has 0 spiro atoms. The fourth-order valence-electron chi connectivity index (χ4n) is 4.15. The molecule has 0 aromatic heterocycles. The van der Waals surface area contributed by atoms with Crippen LogP contribution in [0.25, 0.3) is 0 Å². The first-order chi connectivity index (χ1) is 15.9. The van der Waals surface area contributed by atoms with Gasteiger partial charge in [-0.05, 0) is 37.4 Å².